The quantitative estimate of drug-likeness (QED) is 0.573. The Bertz CT molecular complexity index is 842. The highest BCUT2D eigenvalue weighted by molar-refractivity contribution is 8.26. The summed E-state index contributed by atoms with van der Waals surface area (Å²) in [6, 6.07) is 4.54. The second kappa shape index (κ2) is 5.52. The van der Waals surface area contributed by atoms with Crippen molar-refractivity contribution in [2.75, 3.05) is 10.8 Å². The van der Waals surface area contributed by atoms with Crippen LogP contribution in [0, 0.1) is 29.1 Å². The Morgan fingerprint density at radius 1 is 1.22 bits per heavy atom. The van der Waals surface area contributed by atoms with Gasteiger partial charge in [-0.3, -0.25) is 13.4 Å². The molecule has 2 saturated carbocycles. The molecule has 1 heterocycles. The lowest BCUT2D eigenvalue weighted by molar-refractivity contribution is -0.137. The van der Waals surface area contributed by atoms with E-state index in [-0.39, 0.29) is 24.1 Å². The molecule has 2 bridgehead atoms. The molecule has 0 spiro atoms. The third-order valence-electron chi connectivity index (χ3n) is 6.69. The SMILES string of the molecule is C[C@@]12[C@H]3C[C@H]([C@H](O)[C@@H]3O)[C@@H]1CN(c1ccc(C#N)c(C(F)(F)F)c1)S2(O)O. The normalized spacial score (nSPS) is 40.7. The van der Waals surface area contributed by atoms with Crippen LogP contribution >= 0.6 is 10.8 Å². The Labute approximate surface area is 155 Å². The maximum Gasteiger partial charge on any atom is 0.417 e. The van der Waals surface area contributed by atoms with Crippen molar-refractivity contribution in [3.05, 3.63) is 29.3 Å². The number of rotatable bonds is 1. The van der Waals surface area contributed by atoms with E-state index in [4.69, 9.17) is 5.26 Å². The van der Waals surface area contributed by atoms with E-state index in [1.165, 1.54) is 12.1 Å². The fraction of sp³-hybridized carbons (Fsp3) is 0.588. The molecule has 1 aromatic rings. The first-order valence-electron chi connectivity index (χ1n) is 8.47. The van der Waals surface area contributed by atoms with Crippen molar-refractivity contribution in [3.8, 4) is 6.07 Å². The Kier molecular flexibility index (Phi) is 3.85. The number of halogens is 3. The maximum absolute atomic E-state index is 13.3. The fourth-order valence-corrected chi connectivity index (χ4v) is 7.80. The first-order chi connectivity index (χ1) is 12.4. The minimum Gasteiger partial charge on any atom is -0.390 e. The molecule has 1 aliphatic heterocycles. The smallest absolute Gasteiger partial charge is 0.390 e. The largest absolute Gasteiger partial charge is 0.417 e. The van der Waals surface area contributed by atoms with Gasteiger partial charge < -0.3 is 10.2 Å². The molecule has 6 nitrogen and oxygen atoms in total. The first-order valence-corrected chi connectivity index (χ1v) is 9.98. The van der Waals surface area contributed by atoms with Gasteiger partial charge in [0, 0.05) is 18.4 Å². The van der Waals surface area contributed by atoms with Crippen molar-refractivity contribution in [1.82, 2.24) is 0 Å². The highest BCUT2D eigenvalue weighted by atomic mass is 32.3. The van der Waals surface area contributed by atoms with Crippen LogP contribution in [0.3, 0.4) is 0 Å². The lowest BCUT2D eigenvalue weighted by Gasteiger charge is -2.52. The third kappa shape index (κ3) is 2.23. The van der Waals surface area contributed by atoms with Crippen molar-refractivity contribution in [1.29, 1.82) is 5.26 Å². The van der Waals surface area contributed by atoms with Gasteiger partial charge in [0.2, 0.25) is 0 Å². The number of aliphatic hydroxyl groups excluding tert-OH is 2. The van der Waals surface area contributed by atoms with Crippen molar-refractivity contribution in [2.24, 2.45) is 17.8 Å². The molecule has 1 aromatic carbocycles. The maximum atomic E-state index is 13.3. The summed E-state index contributed by atoms with van der Waals surface area (Å²) in [6.45, 7) is 1.69. The monoisotopic (exact) mass is 404 g/mol. The molecule has 0 radical (unpaired) electrons. The van der Waals surface area contributed by atoms with Crippen LogP contribution in [0.1, 0.15) is 24.5 Å². The average molecular weight is 404 g/mol. The molecule has 0 aromatic heterocycles. The van der Waals surface area contributed by atoms with Gasteiger partial charge in [-0.05, 0) is 37.5 Å². The van der Waals surface area contributed by atoms with Crippen LogP contribution in [0.15, 0.2) is 18.2 Å². The summed E-state index contributed by atoms with van der Waals surface area (Å²) in [5, 5.41) is 29.4. The second-order valence-electron chi connectivity index (χ2n) is 7.70. The Morgan fingerprint density at radius 2 is 1.89 bits per heavy atom. The van der Waals surface area contributed by atoms with E-state index < -0.39 is 51.0 Å². The molecule has 3 aliphatic rings. The Balaban J connectivity index is 1.78. The summed E-state index contributed by atoms with van der Waals surface area (Å²) < 4.78 is 61.9. The van der Waals surface area contributed by atoms with Crippen LogP contribution in [0.25, 0.3) is 0 Å². The average Bonchev–Trinajstić information content (AvgIpc) is 3.13. The zero-order chi connectivity index (χ0) is 19.9. The molecular weight excluding hydrogens is 385 g/mol. The van der Waals surface area contributed by atoms with Gasteiger partial charge in [-0.1, -0.05) is 0 Å². The van der Waals surface area contributed by atoms with Crippen LogP contribution in [0.5, 0.6) is 0 Å². The summed E-state index contributed by atoms with van der Waals surface area (Å²) in [7, 11) is -3.57. The van der Waals surface area contributed by atoms with Gasteiger partial charge in [-0.2, -0.15) is 18.4 Å². The van der Waals surface area contributed by atoms with Gasteiger partial charge in [0.05, 0.1) is 39.8 Å². The van der Waals surface area contributed by atoms with E-state index in [1.54, 1.807) is 6.92 Å². The van der Waals surface area contributed by atoms with Gasteiger partial charge in [0.25, 0.3) is 0 Å². The van der Waals surface area contributed by atoms with Crippen molar-refractivity contribution < 1.29 is 32.5 Å². The Morgan fingerprint density at radius 3 is 2.48 bits per heavy atom. The summed E-state index contributed by atoms with van der Waals surface area (Å²) in [4.78, 5) is 0. The lowest BCUT2D eigenvalue weighted by Crippen LogP contribution is -2.52. The van der Waals surface area contributed by atoms with Gasteiger partial charge in [0.1, 0.15) is 0 Å². The highest BCUT2D eigenvalue weighted by Crippen LogP contribution is 2.76. The van der Waals surface area contributed by atoms with Gasteiger partial charge in [-0.25, -0.2) is 0 Å². The first kappa shape index (κ1) is 18.8. The molecule has 3 fully saturated rings. The molecule has 0 amide bonds. The van der Waals surface area contributed by atoms with Gasteiger partial charge in [-0.15, -0.1) is 10.8 Å². The van der Waals surface area contributed by atoms with E-state index in [0.717, 1.165) is 16.4 Å². The van der Waals surface area contributed by atoms with Gasteiger partial charge >= 0.3 is 6.18 Å². The molecule has 148 valence electrons. The number of alkyl halides is 3. The van der Waals surface area contributed by atoms with E-state index in [9.17, 15) is 32.5 Å². The minimum atomic E-state index is -4.76. The number of anilines is 1. The molecule has 4 rings (SSSR count). The standard InChI is InChI=1S/C17H19F3N2O4S/c1-16-12-5-10(14(23)15(12)24)13(16)7-22(27(16,25)26)9-3-2-8(6-21)11(4-9)17(18,19)20/h2-4,10,12-15,23-26H,5,7H2,1H3/t10-,12-,13-,14-,15+,16+/m0/s1. The van der Waals surface area contributed by atoms with E-state index in [2.05, 4.69) is 0 Å². The van der Waals surface area contributed by atoms with Gasteiger partial charge in [0.15, 0.2) is 0 Å². The van der Waals surface area contributed by atoms with Crippen LogP contribution in [-0.2, 0) is 6.18 Å². The lowest BCUT2D eigenvalue weighted by atomic mass is 9.77. The molecule has 0 unspecified atom stereocenters. The molecule has 27 heavy (non-hydrogen) atoms. The van der Waals surface area contributed by atoms with Crippen LogP contribution in [0.4, 0.5) is 18.9 Å². The fourth-order valence-electron chi connectivity index (χ4n) is 5.25. The van der Waals surface area contributed by atoms with Crippen LogP contribution in [-0.4, -0.2) is 42.8 Å². The molecule has 4 N–H and O–H groups in total. The summed E-state index contributed by atoms with van der Waals surface area (Å²) >= 11 is 0. The molecule has 2 aliphatic carbocycles. The molecular formula is C17H19F3N2O4S. The predicted molar refractivity (Wildman–Crippen MR) is 91.9 cm³/mol. The second-order valence-corrected chi connectivity index (χ2v) is 10.1. The Hall–Kier alpha value is -1.51. The van der Waals surface area contributed by atoms with Crippen LogP contribution in [0.2, 0.25) is 0 Å². The predicted octanol–water partition coefficient (Wildman–Crippen LogP) is 2.81. The van der Waals surface area contributed by atoms with Crippen LogP contribution < -0.4 is 4.31 Å². The van der Waals surface area contributed by atoms with E-state index in [0.29, 0.717) is 6.42 Å². The third-order valence-corrected chi connectivity index (χ3v) is 9.45. The zero-order valence-electron chi connectivity index (χ0n) is 14.3. The number of benzene rings is 1. The number of nitrogens with zero attached hydrogens (tertiary/aromatic N) is 2. The highest BCUT2D eigenvalue weighted by Gasteiger charge is 2.72. The topological polar surface area (TPSA) is 108 Å². The summed E-state index contributed by atoms with van der Waals surface area (Å²) in [6.07, 6.45) is -6.37. The number of fused-ring (bicyclic) bond motifs is 5. The van der Waals surface area contributed by atoms with Crippen molar-refractivity contribution in [3.63, 3.8) is 0 Å². The number of hydrogen-bond acceptors (Lipinski definition) is 6. The number of aliphatic hydroxyl groups is 2. The summed E-state index contributed by atoms with van der Waals surface area (Å²) in [5.41, 5.74) is -1.72. The molecule has 6 atom stereocenters. The molecule has 10 heteroatoms. The van der Waals surface area contributed by atoms with Crippen molar-refractivity contribution in [2.45, 2.75) is 36.5 Å². The van der Waals surface area contributed by atoms with Crippen molar-refractivity contribution >= 4 is 16.5 Å². The van der Waals surface area contributed by atoms with E-state index in [1.807, 2.05) is 0 Å². The number of hydrogen-bond donors (Lipinski definition) is 4. The summed E-state index contributed by atoms with van der Waals surface area (Å²) in [5.74, 6) is -1.25. The molecule has 1 saturated heterocycles. The zero-order valence-corrected chi connectivity index (χ0v) is 15.1. The minimum absolute atomic E-state index is 0.0414. The number of nitriles is 1. The van der Waals surface area contributed by atoms with E-state index >= 15 is 0 Å².